The molecule has 0 radical (unpaired) electrons. The van der Waals surface area contributed by atoms with Crippen LogP contribution in [-0.2, 0) is 10.3 Å². The number of hydrogen-bond acceptors (Lipinski definition) is 2. The average Bonchev–Trinajstić information content (AvgIpc) is 2.28. The number of nitrogens with one attached hydrogen (secondary N) is 1. The summed E-state index contributed by atoms with van der Waals surface area (Å²) < 4.78 is 0. The van der Waals surface area contributed by atoms with Crippen molar-refractivity contribution in [3.8, 4) is 0 Å². The highest BCUT2D eigenvalue weighted by Gasteiger charge is 2.33. The minimum atomic E-state index is -0.999. The third-order valence-electron chi connectivity index (χ3n) is 3.49. The molecule has 3 nitrogen and oxygen atoms in total. The van der Waals surface area contributed by atoms with E-state index in [2.05, 4.69) is 26.1 Å². The zero-order valence-corrected chi connectivity index (χ0v) is 11.9. The lowest BCUT2D eigenvalue weighted by Gasteiger charge is -2.32. The predicted molar refractivity (Wildman–Crippen MR) is 75.0 cm³/mol. The lowest BCUT2D eigenvalue weighted by atomic mass is 9.86. The van der Waals surface area contributed by atoms with Crippen LogP contribution in [0.15, 0.2) is 30.3 Å². The van der Waals surface area contributed by atoms with Crippen LogP contribution in [0.1, 0.15) is 40.2 Å². The summed E-state index contributed by atoms with van der Waals surface area (Å²) in [7, 11) is 0. The number of amides is 1. The van der Waals surface area contributed by atoms with Gasteiger partial charge in [-0.15, -0.1) is 0 Å². The highest BCUT2D eigenvalue weighted by Crippen LogP contribution is 2.22. The summed E-state index contributed by atoms with van der Waals surface area (Å²) in [4.78, 5) is 12.3. The third kappa shape index (κ3) is 3.33. The van der Waals surface area contributed by atoms with Crippen LogP contribution in [-0.4, -0.2) is 11.9 Å². The summed E-state index contributed by atoms with van der Waals surface area (Å²) >= 11 is 0. The van der Waals surface area contributed by atoms with E-state index in [1.165, 1.54) is 0 Å². The molecular formula is C15H24N2O. The molecule has 0 fully saturated rings. The van der Waals surface area contributed by atoms with Crippen molar-refractivity contribution in [2.45, 2.75) is 46.2 Å². The largest absolute Gasteiger partial charge is 0.351 e. The molecule has 100 valence electrons. The van der Waals surface area contributed by atoms with Crippen molar-refractivity contribution in [3.05, 3.63) is 35.9 Å². The molecule has 3 heteroatoms. The minimum absolute atomic E-state index is 0.0163. The summed E-state index contributed by atoms with van der Waals surface area (Å²) in [5.74, 6) is -0.142. The molecule has 2 atom stereocenters. The Morgan fingerprint density at radius 3 is 2.11 bits per heavy atom. The maximum atomic E-state index is 12.3. The highest BCUT2D eigenvalue weighted by molar-refractivity contribution is 5.87. The molecule has 2 unspecified atom stereocenters. The van der Waals surface area contributed by atoms with Gasteiger partial charge in [0.2, 0.25) is 5.91 Å². The Hall–Kier alpha value is -1.35. The fraction of sp³-hybridized carbons (Fsp3) is 0.533. The van der Waals surface area contributed by atoms with Crippen LogP contribution in [0.5, 0.6) is 0 Å². The van der Waals surface area contributed by atoms with Gasteiger partial charge in [0.05, 0.1) is 0 Å². The average molecular weight is 248 g/mol. The first kappa shape index (κ1) is 14.7. The van der Waals surface area contributed by atoms with Crippen molar-refractivity contribution in [3.63, 3.8) is 0 Å². The Morgan fingerprint density at radius 1 is 1.17 bits per heavy atom. The SMILES string of the molecule is CC(NC(=O)C(C)(N)c1ccccc1)C(C)(C)C. The first-order valence-electron chi connectivity index (χ1n) is 6.31. The Balaban J connectivity index is 2.84. The first-order chi connectivity index (χ1) is 8.15. The molecule has 3 N–H and O–H groups in total. The number of carbonyl (C=O) groups is 1. The van der Waals surface area contributed by atoms with E-state index in [0.717, 1.165) is 5.56 Å². The third-order valence-corrected chi connectivity index (χ3v) is 3.49. The zero-order valence-electron chi connectivity index (χ0n) is 11.9. The van der Waals surface area contributed by atoms with Crippen LogP contribution in [0.25, 0.3) is 0 Å². The molecule has 0 saturated carbocycles. The van der Waals surface area contributed by atoms with Gasteiger partial charge in [0.25, 0.3) is 0 Å². The van der Waals surface area contributed by atoms with Gasteiger partial charge >= 0.3 is 0 Å². The van der Waals surface area contributed by atoms with Crippen LogP contribution in [0, 0.1) is 5.41 Å². The molecule has 1 rings (SSSR count). The molecule has 0 saturated heterocycles. The highest BCUT2D eigenvalue weighted by atomic mass is 16.2. The Labute approximate surface area is 110 Å². The normalized spacial score (nSPS) is 16.8. The second-order valence-electron chi connectivity index (χ2n) is 6.13. The summed E-state index contributed by atoms with van der Waals surface area (Å²) in [6, 6.07) is 9.51. The van der Waals surface area contributed by atoms with Crippen LogP contribution in [0.4, 0.5) is 0 Å². The van der Waals surface area contributed by atoms with Gasteiger partial charge in [-0.25, -0.2) is 0 Å². The molecule has 0 aliphatic rings. The van der Waals surface area contributed by atoms with Gasteiger partial charge in [0.1, 0.15) is 5.54 Å². The number of hydrogen-bond donors (Lipinski definition) is 2. The Bertz CT molecular complexity index is 404. The van der Waals surface area contributed by atoms with Crippen molar-refractivity contribution < 1.29 is 4.79 Å². The fourth-order valence-corrected chi connectivity index (χ4v) is 1.48. The number of rotatable bonds is 3. The predicted octanol–water partition coefficient (Wildman–Crippen LogP) is 2.41. The second-order valence-corrected chi connectivity index (χ2v) is 6.13. The van der Waals surface area contributed by atoms with E-state index in [-0.39, 0.29) is 17.4 Å². The molecule has 0 aliphatic heterocycles. The van der Waals surface area contributed by atoms with E-state index >= 15 is 0 Å². The molecule has 0 spiro atoms. The van der Waals surface area contributed by atoms with E-state index in [0.29, 0.717) is 0 Å². The molecule has 1 aromatic rings. The molecule has 0 aromatic heterocycles. The maximum absolute atomic E-state index is 12.3. The first-order valence-corrected chi connectivity index (χ1v) is 6.31. The van der Waals surface area contributed by atoms with Crippen LogP contribution >= 0.6 is 0 Å². The van der Waals surface area contributed by atoms with Crippen molar-refractivity contribution >= 4 is 5.91 Å². The van der Waals surface area contributed by atoms with Crippen molar-refractivity contribution in [2.75, 3.05) is 0 Å². The van der Waals surface area contributed by atoms with E-state index in [4.69, 9.17) is 5.73 Å². The van der Waals surface area contributed by atoms with Gasteiger partial charge in [-0.1, -0.05) is 51.1 Å². The zero-order chi connectivity index (χ0) is 14.0. The van der Waals surface area contributed by atoms with Gasteiger partial charge in [-0.05, 0) is 24.8 Å². The molecular weight excluding hydrogens is 224 g/mol. The van der Waals surface area contributed by atoms with E-state index in [9.17, 15) is 4.79 Å². The monoisotopic (exact) mass is 248 g/mol. The molecule has 0 aliphatic carbocycles. The van der Waals surface area contributed by atoms with Gasteiger partial charge in [-0.2, -0.15) is 0 Å². The molecule has 0 heterocycles. The van der Waals surface area contributed by atoms with E-state index in [1.54, 1.807) is 6.92 Å². The Kier molecular flexibility index (Phi) is 4.17. The van der Waals surface area contributed by atoms with Gasteiger partial charge in [0, 0.05) is 6.04 Å². The number of nitrogens with two attached hydrogens (primary N) is 1. The number of carbonyl (C=O) groups excluding carboxylic acids is 1. The van der Waals surface area contributed by atoms with Crippen LogP contribution in [0.3, 0.4) is 0 Å². The quantitative estimate of drug-likeness (QED) is 0.863. The smallest absolute Gasteiger partial charge is 0.244 e. The summed E-state index contributed by atoms with van der Waals surface area (Å²) in [5.41, 5.74) is 6.00. The molecule has 1 aromatic carbocycles. The van der Waals surface area contributed by atoms with Gasteiger partial charge in [0.15, 0.2) is 0 Å². The van der Waals surface area contributed by atoms with Gasteiger partial charge < -0.3 is 11.1 Å². The summed E-state index contributed by atoms with van der Waals surface area (Å²) in [6.45, 7) is 10.0. The Morgan fingerprint density at radius 2 is 1.67 bits per heavy atom. The van der Waals surface area contributed by atoms with Crippen molar-refractivity contribution in [1.82, 2.24) is 5.32 Å². The van der Waals surface area contributed by atoms with Gasteiger partial charge in [-0.3, -0.25) is 4.79 Å². The summed E-state index contributed by atoms with van der Waals surface area (Å²) in [5, 5.41) is 2.99. The van der Waals surface area contributed by atoms with E-state index < -0.39 is 5.54 Å². The minimum Gasteiger partial charge on any atom is -0.351 e. The second kappa shape index (κ2) is 5.11. The number of benzene rings is 1. The van der Waals surface area contributed by atoms with Crippen molar-refractivity contribution in [2.24, 2.45) is 11.1 Å². The molecule has 18 heavy (non-hydrogen) atoms. The fourth-order valence-electron chi connectivity index (χ4n) is 1.48. The van der Waals surface area contributed by atoms with E-state index in [1.807, 2.05) is 37.3 Å². The lowest BCUT2D eigenvalue weighted by Crippen LogP contribution is -2.53. The standard InChI is InChI=1S/C15H24N2O/c1-11(14(2,3)4)17-13(18)15(5,16)12-9-7-6-8-10-12/h6-11H,16H2,1-5H3,(H,17,18). The lowest BCUT2D eigenvalue weighted by molar-refractivity contribution is -0.127. The maximum Gasteiger partial charge on any atom is 0.244 e. The van der Waals surface area contributed by atoms with Crippen LogP contribution in [0.2, 0.25) is 0 Å². The topological polar surface area (TPSA) is 55.1 Å². The summed E-state index contributed by atoms with van der Waals surface area (Å²) in [6.07, 6.45) is 0. The van der Waals surface area contributed by atoms with Crippen LogP contribution < -0.4 is 11.1 Å². The van der Waals surface area contributed by atoms with Crippen molar-refractivity contribution in [1.29, 1.82) is 0 Å². The molecule has 0 bridgehead atoms. The molecule has 1 amide bonds.